The minimum absolute atomic E-state index is 0.0506. The van der Waals surface area contributed by atoms with Crippen LogP contribution in [0.5, 0.6) is 5.75 Å². The number of sulfonamides is 1. The Kier molecular flexibility index (Phi) is 6.58. The van der Waals surface area contributed by atoms with Crippen LogP contribution in [0.3, 0.4) is 0 Å². The second kappa shape index (κ2) is 8.51. The Bertz CT molecular complexity index is 936. The lowest BCUT2D eigenvalue weighted by molar-refractivity contribution is 0.100. The molecule has 8 nitrogen and oxygen atoms in total. The molecular formula is C17H21N3O5S2. The summed E-state index contributed by atoms with van der Waals surface area (Å²) >= 11 is 0.793. The molecular weight excluding hydrogens is 390 g/mol. The zero-order chi connectivity index (χ0) is 20.2. The summed E-state index contributed by atoms with van der Waals surface area (Å²) in [5.74, 6) is -0.725. The molecule has 0 unspecified atom stereocenters. The number of thiophene rings is 1. The second-order valence-electron chi connectivity index (χ2n) is 5.68. The molecule has 0 fully saturated rings. The summed E-state index contributed by atoms with van der Waals surface area (Å²) in [7, 11) is -0.802. The first-order valence-electron chi connectivity index (χ1n) is 8.06. The van der Waals surface area contributed by atoms with Gasteiger partial charge in [0.2, 0.25) is 0 Å². The maximum absolute atomic E-state index is 12.6. The molecule has 0 radical (unpaired) electrons. The molecule has 2 rings (SSSR count). The van der Waals surface area contributed by atoms with Crippen molar-refractivity contribution in [2.45, 2.75) is 17.6 Å². The van der Waals surface area contributed by atoms with Crippen molar-refractivity contribution in [1.82, 2.24) is 4.31 Å². The van der Waals surface area contributed by atoms with Crippen LogP contribution in [0.25, 0.3) is 0 Å². The fourth-order valence-electron chi connectivity index (χ4n) is 2.28. The van der Waals surface area contributed by atoms with Gasteiger partial charge in [-0.3, -0.25) is 9.59 Å². The van der Waals surface area contributed by atoms with Gasteiger partial charge in [-0.15, -0.1) is 11.3 Å². The molecule has 10 heteroatoms. The molecule has 0 aliphatic carbocycles. The topological polar surface area (TPSA) is 119 Å². The number of rotatable bonds is 8. The first-order chi connectivity index (χ1) is 12.7. The van der Waals surface area contributed by atoms with Gasteiger partial charge in [0, 0.05) is 19.2 Å². The molecule has 0 saturated carbocycles. The van der Waals surface area contributed by atoms with E-state index in [2.05, 4.69) is 5.32 Å². The lowest BCUT2D eigenvalue weighted by Gasteiger charge is -2.14. The molecule has 0 bridgehead atoms. The second-order valence-corrected chi connectivity index (χ2v) is 9.01. The molecule has 0 aliphatic heterocycles. The molecule has 2 amide bonds. The van der Waals surface area contributed by atoms with Gasteiger partial charge in [-0.05, 0) is 36.8 Å². The van der Waals surface area contributed by atoms with Crippen LogP contribution in [0.15, 0.2) is 34.5 Å². The number of carbonyl (C=O) groups is 2. The summed E-state index contributed by atoms with van der Waals surface area (Å²) in [5, 5.41) is 2.65. The van der Waals surface area contributed by atoms with Crippen molar-refractivity contribution in [2.24, 2.45) is 5.73 Å². The number of carbonyl (C=O) groups excluding carboxylic acids is 2. The van der Waals surface area contributed by atoms with E-state index in [-0.39, 0.29) is 14.8 Å². The molecule has 0 spiro atoms. The third-order valence-electron chi connectivity index (χ3n) is 3.76. The molecule has 0 atom stereocenters. The largest absolute Gasteiger partial charge is 0.497 e. The van der Waals surface area contributed by atoms with Crippen molar-refractivity contribution in [1.29, 1.82) is 0 Å². The Morgan fingerprint density at radius 2 is 1.89 bits per heavy atom. The number of nitrogens with zero attached hydrogens (tertiary/aromatic N) is 1. The maximum Gasteiger partial charge on any atom is 0.256 e. The summed E-state index contributed by atoms with van der Waals surface area (Å²) in [6.45, 7) is 2.19. The molecule has 2 aromatic rings. The Labute approximate surface area is 162 Å². The van der Waals surface area contributed by atoms with Gasteiger partial charge >= 0.3 is 0 Å². The van der Waals surface area contributed by atoms with E-state index in [1.54, 1.807) is 24.3 Å². The molecule has 0 saturated heterocycles. The normalized spacial score (nSPS) is 11.4. The van der Waals surface area contributed by atoms with Gasteiger partial charge in [-0.1, -0.05) is 6.92 Å². The van der Waals surface area contributed by atoms with E-state index in [0.717, 1.165) is 11.3 Å². The van der Waals surface area contributed by atoms with E-state index in [1.807, 2.05) is 6.92 Å². The number of anilines is 1. The number of ether oxygens (including phenoxy) is 1. The zero-order valence-corrected chi connectivity index (χ0v) is 16.8. The van der Waals surface area contributed by atoms with Crippen molar-refractivity contribution >= 4 is 38.2 Å². The summed E-state index contributed by atoms with van der Waals surface area (Å²) < 4.78 is 31.4. The van der Waals surface area contributed by atoms with Crippen LogP contribution in [0.4, 0.5) is 5.00 Å². The minimum Gasteiger partial charge on any atom is -0.497 e. The average Bonchev–Trinajstić information content (AvgIpc) is 3.06. The molecule has 27 heavy (non-hydrogen) atoms. The molecule has 3 N–H and O–H groups in total. The monoisotopic (exact) mass is 411 g/mol. The van der Waals surface area contributed by atoms with Crippen molar-refractivity contribution in [3.63, 3.8) is 0 Å². The lowest BCUT2D eigenvalue weighted by atomic mass is 10.2. The Morgan fingerprint density at radius 1 is 1.26 bits per heavy atom. The van der Waals surface area contributed by atoms with Crippen molar-refractivity contribution in [3.8, 4) is 5.75 Å². The predicted octanol–water partition coefficient (Wildman–Crippen LogP) is 2.14. The first kappa shape index (κ1) is 20.9. The van der Waals surface area contributed by atoms with E-state index >= 15 is 0 Å². The molecule has 1 heterocycles. The van der Waals surface area contributed by atoms with Crippen LogP contribution >= 0.6 is 11.3 Å². The SMILES string of the molecule is CCCN(C)S(=O)(=O)c1cc(C(N)=O)c(NC(=O)c2ccc(OC)cc2)s1. The number of nitrogens with two attached hydrogens (primary N) is 1. The van der Waals surface area contributed by atoms with Crippen LogP contribution in [0.1, 0.15) is 34.1 Å². The van der Waals surface area contributed by atoms with E-state index in [9.17, 15) is 18.0 Å². The number of hydrogen-bond donors (Lipinski definition) is 2. The third kappa shape index (κ3) is 4.65. The van der Waals surface area contributed by atoms with Crippen LogP contribution in [-0.2, 0) is 10.0 Å². The van der Waals surface area contributed by atoms with E-state index in [4.69, 9.17) is 10.5 Å². The standard InChI is InChI=1S/C17H21N3O5S2/c1-4-9-20(2)27(23,24)14-10-13(15(18)21)17(26-14)19-16(22)11-5-7-12(25-3)8-6-11/h5-8,10H,4,9H2,1-3H3,(H2,18,21)(H,19,22). The van der Waals surface area contributed by atoms with Crippen molar-refractivity contribution in [3.05, 3.63) is 41.5 Å². The van der Waals surface area contributed by atoms with Gasteiger partial charge in [0.05, 0.1) is 12.7 Å². The quantitative estimate of drug-likeness (QED) is 0.690. The van der Waals surface area contributed by atoms with Crippen molar-refractivity contribution in [2.75, 3.05) is 26.0 Å². The average molecular weight is 412 g/mol. The summed E-state index contributed by atoms with van der Waals surface area (Å²) in [5.41, 5.74) is 5.63. The van der Waals surface area contributed by atoms with Crippen LogP contribution in [0, 0.1) is 0 Å². The molecule has 146 valence electrons. The highest BCUT2D eigenvalue weighted by Crippen LogP contribution is 2.33. The maximum atomic E-state index is 12.6. The van der Waals surface area contributed by atoms with Gasteiger partial charge in [-0.2, -0.15) is 0 Å². The zero-order valence-electron chi connectivity index (χ0n) is 15.2. The highest BCUT2D eigenvalue weighted by Gasteiger charge is 2.26. The number of hydrogen-bond acceptors (Lipinski definition) is 6. The number of primary amides is 1. The lowest BCUT2D eigenvalue weighted by Crippen LogP contribution is -2.27. The van der Waals surface area contributed by atoms with Crippen molar-refractivity contribution < 1.29 is 22.7 Å². The summed E-state index contributed by atoms with van der Waals surface area (Å²) in [4.78, 5) is 24.1. The fraction of sp³-hybridized carbons (Fsp3) is 0.294. The van der Waals surface area contributed by atoms with E-state index in [1.165, 1.54) is 24.5 Å². The third-order valence-corrected chi connectivity index (χ3v) is 7.11. The Hall–Kier alpha value is -2.43. The molecule has 1 aromatic carbocycles. The summed E-state index contributed by atoms with van der Waals surface area (Å²) in [6, 6.07) is 7.54. The van der Waals surface area contributed by atoms with Crippen LogP contribution in [-0.4, -0.2) is 45.2 Å². The minimum atomic E-state index is -3.77. The van der Waals surface area contributed by atoms with Crippen LogP contribution in [0.2, 0.25) is 0 Å². The van der Waals surface area contributed by atoms with E-state index in [0.29, 0.717) is 24.3 Å². The number of nitrogens with one attached hydrogen (secondary N) is 1. The molecule has 0 aliphatic rings. The highest BCUT2D eigenvalue weighted by atomic mass is 32.2. The number of benzene rings is 1. The van der Waals surface area contributed by atoms with E-state index < -0.39 is 21.8 Å². The highest BCUT2D eigenvalue weighted by molar-refractivity contribution is 7.91. The fourth-order valence-corrected chi connectivity index (χ4v) is 5.12. The predicted molar refractivity (Wildman–Crippen MR) is 104 cm³/mol. The van der Waals surface area contributed by atoms with Gasteiger partial charge < -0.3 is 15.8 Å². The van der Waals surface area contributed by atoms with Gasteiger partial charge in [0.15, 0.2) is 0 Å². The van der Waals surface area contributed by atoms with Gasteiger partial charge in [0.1, 0.15) is 15.0 Å². The van der Waals surface area contributed by atoms with Gasteiger partial charge in [0.25, 0.3) is 21.8 Å². The molecule has 1 aromatic heterocycles. The number of amides is 2. The van der Waals surface area contributed by atoms with Crippen LogP contribution < -0.4 is 15.8 Å². The summed E-state index contributed by atoms with van der Waals surface area (Å²) in [6.07, 6.45) is 0.644. The first-order valence-corrected chi connectivity index (χ1v) is 10.3. The number of methoxy groups -OCH3 is 1. The van der Waals surface area contributed by atoms with Gasteiger partial charge in [-0.25, -0.2) is 12.7 Å². The smallest absolute Gasteiger partial charge is 0.256 e. The Morgan fingerprint density at radius 3 is 2.41 bits per heavy atom. The Balaban J connectivity index is 2.34.